The first-order chi connectivity index (χ1) is 15.7. The zero-order valence-electron chi connectivity index (χ0n) is 19.0. The second-order valence-electron chi connectivity index (χ2n) is 8.48. The summed E-state index contributed by atoms with van der Waals surface area (Å²) < 4.78 is 10.6. The Morgan fingerprint density at radius 3 is 2.75 bits per heavy atom. The van der Waals surface area contributed by atoms with Crippen molar-refractivity contribution >= 4 is 11.9 Å². The van der Waals surface area contributed by atoms with Crippen LogP contribution in [0.5, 0.6) is 5.75 Å². The minimum absolute atomic E-state index is 0.0107. The molecule has 8 nitrogen and oxygen atoms in total. The number of methoxy groups -OCH3 is 2. The topological polar surface area (TPSA) is 79.8 Å². The van der Waals surface area contributed by atoms with E-state index in [2.05, 4.69) is 26.2 Å². The molecular weight excluding hydrogens is 406 g/mol. The van der Waals surface area contributed by atoms with Crippen LogP contribution in [-0.2, 0) is 16.1 Å². The molecule has 32 heavy (non-hydrogen) atoms. The van der Waals surface area contributed by atoms with Gasteiger partial charge >= 0.3 is 0 Å². The van der Waals surface area contributed by atoms with Crippen LogP contribution in [0.1, 0.15) is 30.0 Å². The Balaban J connectivity index is 1.54. The number of hydrogen-bond acceptors (Lipinski definition) is 7. The van der Waals surface area contributed by atoms with E-state index in [4.69, 9.17) is 14.5 Å². The lowest BCUT2D eigenvalue weighted by molar-refractivity contribution is -0.125. The molecule has 0 radical (unpaired) electrons. The van der Waals surface area contributed by atoms with E-state index in [1.54, 1.807) is 14.2 Å². The molecule has 2 aliphatic heterocycles. The van der Waals surface area contributed by atoms with Crippen LogP contribution in [-0.4, -0.2) is 74.3 Å². The highest BCUT2D eigenvalue weighted by Crippen LogP contribution is 2.34. The van der Waals surface area contributed by atoms with Gasteiger partial charge in [-0.2, -0.15) is 0 Å². The number of nitrogens with zero attached hydrogens (tertiary/aromatic N) is 4. The number of carbonyl (C=O) groups is 1. The molecular formula is C24H33N5O3. The van der Waals surface area contributed by atoms with Crippen LogP contribution in [0, 0.1) is 5.92 Å². The Morgan fingerprint density at radius 2 is 1.97 bits per heavy atom. The first-order valence-electron chi connectivity index (χ1n) is 11.4. The number of benzene rings is 1. The van der Waals surface area contributed by atoms with Gasteiger partial charge < -0.3 is 19.7 Å². The van der Waals surface area contributed by atoms with Crippen LogP contribution in [0.2, 0.25) is 0 Å². The second kappa shape index (κ2) is 10.7. The van der Waals surface area contributed by atoms with Gasteiger partial charge in [0, 0.05) is 64.1 Å². The number of nitrogens with one attached hydrogen (secondary N) is 1. The maximum atomic E-state index is 13.1. The van der Waals surface area contributed by atoms with Crippen molar-refractivity contribution in [2.75, 3.05) is 58.5 Å². The second-order valence-corrected chi connectivity index (χ2v) is 8.48. The minimum atomic E-state index is -0.178. The van der Waals surface area contributed by atoms with Gasteiger partial charge in [-0.05, 0) is 25.0 Å². The largest absolute Gasteiger partial charge is 0.496 e. The van der Waals surface area contributed by atoms with Crippen molar-refractivity contribution in [1.82, 2.24) is 20.2 Å². The number of anilines is 1. The van der Waals surface area contributed by atoms with Gasteiger partial charge in [0.2, 0.25) is 11.9 Å². The van der Waals surface area contributed by atoms with E-state index in [1.807, 2.05) is 30.5 Å². The number of rotatable bonds is 9. The summed E-state index contributed by atoms with van der Waals surface area (Å²) in [5.41, 5.74) is 2.06. The van der Waals surface area contributed by atoms with Crippen molar-refractivity contribution in [3.63, 3.8) is 0 Å². The summed E-state index contributed by atoms with van der Waals surface area (Å²) in [5, 5.41) is 3.03. The van der Waals surface area contributed by atoms with Gasteiger partial charge in [0.25, 0.3) is 0 Å². The van der Waals surface area contributed by atoms with Crippen molar-refractivity contribution in [3.8, 4) is 5.75 Å². The van der Waals surface area contributed by atoms with Crippen molar-refractivity contribution in [2.45, 2.75) is 25.3 Å². The number of ether oxygens (including phenoxy) is 2. The predicted molar refractivity (Wildman–Crippen MR) is 123 cm³/mol. The monoisotopic (exact) mass is 439 g/mol. The maximum Gasteiger partial charge on any atom is 0.225 e. The molecule has 0 saturated carbocycles. The molecule has 4 rings (SSSR count). The molecule has 2 aromatic rings. The van der Waals surface area contributed by atoms with Gasteiger partial charge in [-0.1, -0.05) is 18.2 Å². The lowest BCUT2D eigenvalue weighted by Gasteiger charge is -2.20. The Labute approximate surface area is 189 Å². The number of hydrogen-bond donors (Lipinski definition) is 1. The summed E-state index contributed by atoms with van der Waals surface area (Å²) in [4.78, 5) is 27.0. The molecule has 0 unspecified atom stereocenters. The van der Waals surface area contributed by atoms with Crippen LogP contribution < -0.4 is 15.0 Å². The SMILES string of the molecule is COCCNC(=O)[C@@H]1CN(Cc2ccccc2OC)C[C@H]1c1ccnc(N2CCCC2)n1. The number of carbonyl (C=O) groups excluding carboxylic acids is 1. The maximum absolute atomic E-state index is 13.1. The molecule has 2 aliphatic rings. The fourth-order valence-electron chi connectivity index (χ4n) is 4.70. The summed E-state index contributed by atoms with van der Waals surface area (Å²) in [6.45, 7) is 5.16. The van der Waals surface area contributed by atoms with Crippen LogP contribution in [0.3, 0.4) is 0 Å². The number of para-hydroxylation sites is 1. The average molecular weight is 440 g/mol. The third-order valence-corrected chi connectivity index (χ3v) is 6.36. The van der Waals surface area contributed by atoms with Gasteiger partial charge in [-0.15, -0.1) is 0 Å². The van der Waals surface area contributed by atoms with E-state index >= 15 is 0 Å². The Bertz CT molecular complexity index is 903. The van der Waals surface area contributed by atoms with E-state index in [0.29, 0.717) is 19.7 Å². The normalized spacial score (nSPS) is 21.1. The fourth-order valence-corrected chi connectivity index (χ4v) is 4.70. The van der Waals surface area contributed by atoms with Crippen molar-refractivity contribution in [3.05, 3.63) is 47.8 Å². The average Bonchev–Trinajstić information content (AvgIpc) is 3.50. The van der Waals surface area contributed by atoms with Gasteiger partial charge in [0.05, 0.1) is 25.3 Å². The van der Waals surface area contributed by atoms with Crippen LogP contribution in [0.25, 0.3) is 0 Å². The van der Waals surface area contributed by atoms with Crippen molar-refractivity contribution in [1.29, 1.82) is 0 Å². The highest BCUT2D eigenvalue weighted by molar-refractivity contribution is 5.80. The smallest absolute Gasteiger partial charge is 0.225 e. The highest BCUT2D eigenvalue weighted by atomic mass is 16.5. The molecule has 1 aromatic carbocycles. The third-order valence-electron chi connectivity index (χ3n) is 6.36. The van der Waals surface area contributed by atoms with E-state index in [-0.39, 0.29) is 17.7 Å². The molecule has 2 saturated heterocycles. The van der Waals surface area contributed by atoms with Crippen molar-refractivity contribution in [2.24, 2.45) is 5.92 Å². The first kappa shape index (κ1) is 22.5. The molecule has 2 atom stereocenters. The van der Waals surface area contributed by atoms with E-state index in [9.17, 15) is 4.79 Å². The molecule has 1 amide bonds. The first-order valence-corrected chi connectivity index (χ1v) is 11.4. The summed E-state index contributed by atoms with van der Waals surface area (Å²) in [6, 6.07) is 10.0. The van der Waals surface area contributed by atoms with Gasteiger partial charge in [-0.25, -0.2) is 9.97 Å². The summed E-state index contributed by atoms with van der Waals surface area (Å²) in [7, 11) is 3.33. The summed E-state index contributed by atoms with van der Waals surface area (Å²) in [5.74, 6) is 1.53. The number of aromatic nitrogens is 2. The predicted octanol–water partition coefficient (Wildman–Crippen LogP) is 2.06. The molecule has 3 heterocycles. The standard InChI is InChI=1S/C24H33N5O3/c1-31-14-11-25-23(30)20-17-28(15-18-7-3-4-8-22(18)32-2)16-19(20)21-9-10-26-24(27-21)29-12-5-6-13-29/h3-4,7-10,19-20H,5-6,11-17H2,1-2H3,(H,25,30)/t19-,20-/m1/s1. The molecule has 172 valence electrons. The van der Waals surface area contributed by atoms with E-state index in [1.165, 1.54) is 12.8 Å². The lowest BCUT2D eigenvalue weighted by Crippen LogP contribution is -2.36. The molecule has 8 heteroatoms. The fraction of sp³-hybridized carbons (Fsp3) is 0.542. The van der Waals surface area contributed by atoms with Crippen LogP contribution >= 0.6 is 0 Å². The third kappa shape index (κ3) is 5.19. The van der Waals surface area contributed by atoms with Gasteiger partial charge in [-0.3, -0.25) is 9.69 Å². The number of likely N-dealkylation sites (tertiary alicyclic amines) is 1. The molecule has 0 bridgehead atoms. The Hall–Kier alpha value is -2.71. The quantitative estimate of drug-likeness (QED) is 0.599. The molecule has 1 N–H and O–H groups in total. The Morgan fingerprint density at radius 1 is 1.16 bits per heavy atom. The molecule has 0 spiro atoms. The van der Waals surface area contributed by atoms with Crippen LogP contribution in [0.15, 0.2) is 36.5 Å². The van der Waals surface area contributed by atoms with E-state index in [0.717, 1.165) is 49.1 Å². The summed E-state index contributed by atoms with van der Waals surface area (Å²) >= 11 is 0. The van der Waals surface area contributed by atoms with Gasteiger partial charge in [0.1, 0.15) is 5.75 Å². The molecule has 0 aliphatic carbocycles. The lowest BCUT2D eigenvalue weighted by atomic mass is 9.92. The molecule has 1 aromatic heterocycles. The summed E-state index contributed by atoms with van der Waals surface area (Å²) in [6.07, 6.45) is 4.18. The highest BCUT2D eigenvalue weighted by Gasteiger charge is 2.39. The number of amides is 1. The molecule has 2 fully saturated rings. The van der Waals surface area contributed by atoms with Gasteiger partial charge in [0.15, 0.2) is 0 Å². The zero-order chi connectivity index (χ0) is 22.3. The minimum Gasteiger partial charge on any atom is -0.496 e. The zero-order valence-corrected chi connectivity index (χ0v) is 19.0. The Kier molecular flexibility index (Phi) is 7.55. The van der Waals surface area contributed by atoms with Crippen molar-refractivity contribution < 1.29 is 14.3 Å². The van der Waals surface area contributed by atoms with E-state index < -0.39 is 0 Å². The van der Waals surface area contributed by atoms with Crippen LogP contribution in [0.4, 0.5) is 5.95 Å².